The van der Waals surface area contributed by atoms with Crippen LogP contribution in [0.15, 0.2) is 39.0 Å². The molecule has 2 aromatic heterocycles. The molecule has 5 heterocycles. The van der Waals surface area contributed by atoms with Crippen LogP contribution < -0.4 is 11.1 Å². The summed E-state index contributed by atoms with van der Waals surface area (Å²) in [5.74, 6) is 1.51. The van der Waals surface area contributed by atoms with Gasteiger partial charge in [-0.05, 0) is 24.3 Å². The lowest BCUT2D eigenvalue weighted by atomic mass is 9.83. The highest BCUT2D eigenvalue weighted by Crippen LogP contribution is 2.37. The molecule has 7 nitrogen and oxygen atoms in total. The zero-order chi connectivity index (χ0) is 21.0. The number of hydrogen-bond donors (Lipinski definition) is 0. The summed E-state index contributed by atoms with van der Waals surface area (Å²) < 4.78 is 3.58. The van der Waals surface area contributed by atoms with E-state index in [1.807, 2.05) is 35.4 Å². The number of piperidine rings is 1. The Morgan fingerprint density at radius 3 is 2.83 bits per heavy atom. The van der Waals surface area contributed by atoms with Gasteiger partial charge >= 0.3 is 0 Å². The number of rotatable bonds is 3. The summed E-state index contributed by atoms with van der Waals surface area (Å²) in [5, 5.41) is 0.729. The van der Waals surface area contributed by atoms with Crippen LogP contribution in [0, 0.1) is 5.92 Å². The topological polar surface area (TPSA) is 77.2 Å². The van der Waals surface area contributed by atoms with E-state index in [2.05, 4.69) is 4.98 Å². The van der Waals surface area contributed by atoms with Crippen LogP contribution in [0.1, 0.15) is 56.0 Å². The van der Waals surface area contributed by atoms with Gasteiger partial charge in [0.2, 0.25) is 5.91 Å². The van der Waals surface area contributed by atoms with Crippen LogP contribution in [-0.2, 0) is 11.3 Å². The Morgan fingerprint density at radius 1 is 1.20 bits per heavy atom. The van der Waals surface area contributed by atoms with Gasteiger partial charge in [0.1, 0.15) is 0 Å². The highest BCUT2D eigenvalue weighted by atomic mass is 32.2. The fourth-order valence-electron chi connectivity index (χ4n) is 5.05. The number of likely N-dealkylation sites (tertiary alicyclic amines) is 1. The van der Waals surface area contributed by atoms with Crippen molar-refractivity contribution in [1.82, 2.24) is 19.0 Å². The molecule has 3 aliphatic rings. The van der Waals surface area contributed by atoms with Crippen molar-refractivity contribution >= 4 is 17.7 Å². The molecule has 1 fully saturated rings. The fraction of sp³-hybridized carbons (Fsp3) is 0.545. The normalized spacial score (nSPS) is 24.6. The molecule has 3 atom stereocenters. The number of fused-ring (bicyclic) bond motifs is 5. The number of nitrogens with zero attached hydrogens (tertiary/aromatic N) is 4. The SMILES string of the molecule is CC(C)c1cc(=O)n2c(n1)SC[C@@H]2CC(=O)N1C[C@H]2C[C@@H](C1)c1cccc(=O)n1C2. The van der Waals surface area contributed by atoms with E-state index in [1.54, 1.807) is 28.5 Å². The number of aromatic nitrogens is 3. The molecule has 2 bridgehead atoms. The number of pyridine rings is 1. The molecule has 0 aromatic carbocycles. The molecule has 0 radical (unpaired) electrons. The zero-order valence-electron chi connectivity index (χ0n) is 17.3. The van der Waals surface area contributed by atoms with Gasteiger partial charge in [-0.2, -0.15) is 0 Å². The summed E-state index contributed by atoms with van der Waals surface area (Å²) in [5.41, 5.74) is 1.84. The minimum absolute atomic E-state index is 0.0502. The molecule has 0 saturated carbocycles. The second-order valence-electron chi connectivity index (χ2n) is 8.99. The zero-order valence-corrected chi connectivity index (χ0v) is 18.1. The molecule has 0 aliphatic carbocycles. The molecular weight excluding hydrogens is 400 g/mol. The van der Waals surface area contributed by atoms with Crippen molar-refractivity contribution in [3.05, 3.63) is 56.4 Å². The summed E-state index contributed by atoms with van der Waals surface area (Å²) in [7, 11) is 0. The predicted molar refractivity (Wildman–Crippen MR) is 115 cm³/mol. The number of amides is 1. The first-order valence-electron chi connectivity index (χ1n) is 10.6. The van der Waals surface area contributed by atoms with Gasteiger partial charge in [0.25, 0.3) is 11.1 Å². The molecule has 1 amide bonds. The first-order chi connectivity index (χ1) is 14.4. The first kappa shape index (κ1) is 19.6. The standard InChI is InChI=1S/C22H26N4O3S/c1-13(2)17-8-21(29)26-16(12-30-22(26)23-17)7-20(28)24-9-14-6-15(11-24)18-4-3-5-19(27)25(18)10-14/h3-5,8,13-16H,6-7,9-12H2,1-2H3/t14-,15+,16+/m1/s1. The van der Waals surface area contributed by atoms with Crippen LogP contribution in [0.25, 0.3) is 0 Å². The number of carbonyl (C=O) groups is 1. The smallest absolute Gasteiger partial charge is 0.254 e. The maximum absolute atomic E-state index is 13.2. The van der Waals surface area contributed by atoms with Crippen molar-refractivity contribution in [3.8, 4) is 0 Å². The van der Waals surface area contributed by atoms with E-state index in [-0.39, 0.29) is 34.9 Å². The Hall–Kier alpha value is -2.35. The molecule has 0 N–H and O–H groups in total. The molecule has 1 saturated heterocycles. The number of carbonyl (C=O) groups excluding carboxylic acids is 1. The van der Waals surface area contributed by atoms with Crippen molar-refractivity contribution in [2.24, 2.45) is 5.92 Å². The van der Waals surface area contributed by atoms with Crippen molar-refractivity contribution in [2.45, 2.75) is 56.3 Å². The van der Waals surface area contributed by atoms with Gasteiger partial charge in [0.05, 0.1) is 11.7 Å². The fourth-order valence-corrected chi connectivity index (χ4v) is 6.20. The Morgan fingerprint density at radius 2 is 2.03 bits per heavy atom. The summed E-state index contributed by atoms with van der Waals surface area (Å²) in [6.45, 7) is 6.06. The van der Waals surface area contributed by atoms with Crippen LogP contribution in [0.2, 0.25) is 0 Å². The lowest BCUT2D eigenvalue weighted by molar-refractivity contribution is -0.134. The third-order valence-corrected chi connectivity index (χ3v) is 7.64. The average Bonchev–Trinajstić information content (AvgIpc) is 3.12. The molecule has 0 unspecified atom stereocenters. The summed E-state index contributed by atoms with van der Waals surface area (Å²) in [4.78, 5) is 44.6. The van der Waals surface area contributed by atoms with E-state index >= 15 is 0 Å². The van der Waals surface area contributed by atoms with Crippen LogP contribution in [-0.4, -0.2) is 43.8 Å². The summed E-state index contributed by atoms with van der Waals surface area (Å²) in [6, 6.07) is 6.90. The Balaban J connectivity index is 1.34. The third kappa shape index (κ3) is 3.31. The molecule has 5 rings (SSSR count). The Bertz CT molecular complexity index is 1120. The highest BCUT2D eigenvalue weighted by molar-refractivity contribution is 7.99. The number of thioether (sulfide) groups is 1. The second-order valence-corrected chi connectivity index (χ2v) is 9.98. The molecule has 8 heteroatoms. The van der Waals surface area contributed by atoms with Gasteiger partial charge in [-0.3, -0.25) is 19.0 Å². The molecule has 0 spiro atoms. The summed E-state index contributed by atoms with van der Waals surface area (Å²) >= 11 is 1.56. The predicted octanol–water partition coefficient (Wildman–Crippen LogP) is 2.21. The monoisotopic (exact) mass is 426 g/mol. The lowest BCUT2D eigenvalue weighted by Gasteiger charge is -2.43. The number of hydrogen-bond acceptors (Lipinski definition) is 5. The molecule has 2 aromatic rings. The van der Waals surface area contributed by atoms with Crippen molar-refractivity contribution < 1.29 is 4.79 Å². The van der Waals surface area contributed by atoms with Gasteiger partial charge in [-0.15, -0.1) is 0 Å². The van der Waals surface area contributed by atoms with E-state index in [0.717, 1.165) is 23.0 Å². The minimum Gasteiger partial charge on any atom is -0.342 e. The van der Waals surface area contributed by atoms with Crippen LogP contribution in [0.5, 0.6) is 0 Å². The minimum atomic E-state index is -0.143. The van der Waals surface area contributed by atoms with Gasteiger partial charge in [0.15, 0.2) is 5.16 Å². The lowest BCUT2D eigenvalue weighted by Crippen LogP contribution is -2.49. The molecule has 158 valence electrons. The molecule has 30 heavy (non-hydrogen) atoms. The second kappa shape index (κ2) is 7.41. The van der Waals surface area contributed by atoms with Crippen molar-refractivity contribution in [2.75, 3.05) is 18.8 Å². The van der Waals surface area contributed by atoms with Crippen LogP contribution in [0.4, 0.5) is 0 Å². The highest BCUT2D eigenvalue weighted by Gasteiger charge is 2.37. The Labute approximate surface area is 179 Å². The van der Waals surface area contributed by atoms with E-state index in [1.165, 1.54) is 0 Å². The maximum atomic E-state index is 13.2. The van der Waals surface area contributed by atoms with Gasteiger partial charge < -0.3 is 9.47 Å². The third-order valence-electron chi connectivity index (χ3n) is 6.54. The average molecular weight is 427 g/mol. The molecular formula is C22H26N4O3S. The van der Waals surface area contributed by atoms with Gasteiger partial charge in [-0.1, -0.05) is 31.7 Å². The van der Waals surface area contributed by atoms with Crippen LogP contribution >= 0.6 is 11.8 Å². The largest absolute Gasteiger partial charge is 0.342 e. The quantitative estimate of drug-likeness (QED) is 0.704. The van der Waals surface area contributed by atoms with Gasteiger partial charge in [0, 0.05) is 55.6 Å². The van der Waals surface area contributed by atoms with Crippen molar-refractivity contribution in [1.29, 1.82) is 0 Å². The summed E-state index contributed by atoms with van der Waals surface area (Å²) in [6.07, 6.45) is 1.35. The van der Waals surface area contributed by atoms with E-state index in [0.29, 0.717) is 37.7 Å². The first-order valence-corrected chi connectivity index (χ1v) is 11.6. The van der Waals surface area contributed by atoms with E-state index in [9.17, 15) is 14.4 Å². The van der Waals surface area contributed by atoms with E-state index in [4.69, 9.17) is 0 Å². The van der Waals surface area contributed by atoms with Gasteiger partial charge in [-0.25, -0.2) is 4.98 Å². The van der Waals surface area contributed by atoms with Crippen LogP contribution in [0.3, 0.4) is 0 Å². The van der Waals surface area contributed by atoms with E-state index < -0.39 is 0 Å². The maximum Gasteiger partial charge on any atom is 0.254 e. The van der Waals surface area contributed by atoms with Crippen molar-refractivity contribution in [3.63, 3.8) is 0 Å². The molecule has 3 aliphatic heterocycles. The Kier molecular flexibility index (Phi) is 4.84.